The number of hydroxylamine groups is 2. The fraction of sp³-hybridized carbons (Fsp3) is 0.750. The van der Waals surface area contributed by atoms with E-state index < -0.39 is 0 Å². The van der Waals surface area contributed by atoms with Crippen molar-refractivity contribution in [2.45, 2.75) is 12.8 Å². The maximum Gasteiger partial charge on any atom is 0.0851 e. The smallest absolute Gasteiger partial charge is 0.0851 e. The van der Waals surface area contributed by atoms with Crippen molar-refractivity contribution in [3.05, 3.63) is 5.21 Å². The Morgan fingerprint density at radius 3 is 2.57 bits per heavy atom. The molecule has 0 atom stereocenters. The van der Waals surface area contributed by atoms with Gasteiger partial charge in [-0.05, 0) is 6.42 Å². The molecule has 3 nitrogen and oxygen atoms in total. The molecule has 7 heavy (non-hydrogen) atoms. The van der Waals surface area contributed by atoms with Crippen LogP contribution in [-0.2, 0) is 0 Å². The number of nitrogens with one attached hydrogen (secondary N) is 1. The van der Waals surface area contributed by atoms with E-state index in [0.717, 1.165) is 11.5 Å². The summed E-state index contributed by atoms with van der Waals surface area (Å²) in [6, 6.07) is 0. The van der Waals surface area contributed by atoms with E-state index in [1.807, 2.05) is 0 Å². The van der Waals surface area contributed by atoms with Crippen molar-refractivity contribution in [1.82, 2.24) is 5.06 Å². The van der Waals surface area contributed by atoms with Gasteiger partial charge in [0.05, 0.1) is 5.84 Å². The zero-order valence-corrected chi connectivity index (χ0v) is 3.98. The van der Waals surface area contributed by atoms with Crippen molar-refractivity contribution in [3.63, 3.8) is 0 Å². The fourth-order valence-corrected chi connectivity index (χ4v) is 0.650. The largest absolute Gasteiger partial charge is 0.757 e. The topological polar surface area (TPSA) is 50.2 Å². The van der Waals surface area contributed by atoms with Gasteiger partial charge in [-0.25, -0.2) is 0 Å². The Labute approximate surface area is 42.0 Å². The molecule has 0 aliphatic carbocycles. The first kappa shape index (κ1) is 4.59. The van der Waals surface area contributed by atoms with E-state index in [-0.39, 0.29) is 5.84 Å². The number of amidine groups is 1. The van der Waals surface area contributed by atoms with E-state index >= 15 is 0 Å². The quantitative estimate of drug-likeness (QED) is 0.482. The highest BCUT2D eigenvalue weighted by molar-refractivity contribution is 5.81. The van der Waals surface area contributed by atoms with E-state index in [0.29, 0.717) is 13.0 Å². The first-order valence-corrected chi connectivity index (χ1v) is 2.33. The van der Waals surface area contributed by atoms with Gasteiger partial charge in [0.2, 0.25) is 0 Å². The highest BCUT2D eigenvalue weighted by atomic mass is 16.5. The summed E-state index contributed by atoms with van der Waals surface area (Å²) in [5.74, 6) is 0.236. The molecule has 1 aliphatic heterocycles. The summed E-state index contributed by atoms with van der Waals surface area (Å²) >= 11 is 0. The van der Waals surface area contributed by atoms with Crippen LogP contribution in [-0.4, -0.2) is 17.4 Å². The minimum Gasteiger partial charge on any atom is -0.757 e. The summed E-state index contributed by atoms with van der Waals surface area (Å²) in [5.41, 5.74) is 0. The first-order chi connectivity index (χ1) is 3.30. The van der Waals surface area contributed by atoms with Crippen LogP contribution in [0, 0.1) is 10.6 Å². The Bertz CT molecular complexity index is 91.7. The van der Waals surface area contributed by atoms with Gasteiger partial charge in [-0.2, -0.15) is 0 Å². The lowest BCUT2D eigenvalue weighted by Gasteiger charge is -2.22. The summed E-state index contributed by atoms with van der Waals surface area (Å²) < 4.78 is 0. The highest BCUT2D eigenvalue weighted by Crippen LogP contribution is 2.06. The molecule has 1 rings (SSSR count). The van der Waals surface area contributed by atoms with Crippen LogP contribution in [0.3, 0.4) is 0 Å². The standard InChI is InChI=1S/C4H7N2O/c5-4-2-1-3-6(4)7/h5H,1-3H2/q-1. The van der Waals surface area contributed by atoms with Crippen molar-refractivity contribution in [2.75, 3.05) is 6.54 Å². The van der Waals surface area contributed by atoms with Gasteiger partial charge in [-0.1, -0.05) is 0 Å². The fourth-order valence-electron chi connectivity index (χ4n) is 0.650. The molecule has 0 aromatic rings. The zero-order valence-electron chi connectivity index (χ0n) is 3.98. The summed E-state index contributed by atoms with van der Waals surface area (Å²) in [6.07, 6.45) is 1.53. The molecule has 0 aromatic carbocycles. The van der Waals surface area contributed by atoms with Crippen LogP contribution < -0.4 is 0 Å². The molecule has 40 valence electrons. The van der Waals surface area contributed by atoms with Gasteiger partial charge in [-0.15, -0.1) is 0 Å². The maximum absolute atomic E-state index is 10.3. The van der Waals surface area contributed by atoms with Gasteiger partial charge in [0.1, 0.15) is 0 Å². The number of rotatable bonds is 0. The molecule has 0 spiro atoms. The summed E-state index contributed by atoms with van der Waals surface area (Å²) in [4.78, 5) is 0. The van der Waals surface area contributed by atoms with Crippen LogP contribution in [0.25, 0.3) is 0 Å². The molecule has 1 fully saturated rings. The van der Waals surface area contributed by atoms with Crippen LogP contribution >= 0.6 is 0 Å². The molecule has 0 aromatic heterocycles. The third-order valence-electron chi connectivity index (χ3n) is 1.08. The van der Waals surface area contributed by atoms with Gasteiger partial charge in [-0.3, -0.25) is 5.41 Å². The second-order valence-corrected chi connectivity index (χ2v) is 1.65. The average Bonchev–Trinajstić information content (AvgIpc) is 1.91. The molecular weight excluding hydrogens is 92.1 g/mol. The molecule has 1 saturated heterocycles. The summed E-state index contributed by atoms with van der Waals surface area (Å²) in [7, 11) is 0. The zero-order chi connectivity index (χ0) is 5.28. The Balaban J connectivity index is 2.48. The normalized spacial score (nSPS) is 21.3. The molecule has 1 heterocycles. The van der Waals surface area contributed by atoms with Crippen molar-refractivity contribution < 1.29 is 0 Å². The van der Waals surface area contributed by atoms with Gasteiger partial charge < -0.3 is 10.3 Å². The van der Waals surface area contributed by atoms with Gasteiger partial charge in [0.25, 0.3) is 0 Å². The van der Waals surface area contributed by atoms with Gasteiger partial charge in [0.15, 0.2) is 0 Å². The van der Waals surface area contributed by atoms with E-state index in [4.69, 9.17) is 5.41 Å². The lowest BCUT2D eigenvalue weighted by atomic mass is 10.4. The second kappa shape index (κ2) is 1.50. The lowest BCUT2D eigenvalue weighted by molar-refractivity contribution is 0.604. The Kier molecular flexibility index (Phi) is 0.982. The van der Waals surface area contributed by atoms with Crippen LogP contribution in [0.1, 0.15) is 12.8 Å². The van der Waals surface area contributed by atoms with Crippen LogP contribution in [0.15, 0.2) is 0 Å². The molecule has 0 saturated carbocycles. The van der Waals surface area contributed by atoms with Gasteiger partial charge in [0, 0.05) is 13.0 Å². The van der Waals surface area contributed by atoms with E-state index in [1.165, 1.54) is 0 Å². The Morgan fingerprint density at radius 1 is 1.71 bits per heavy atom. The predicted molar refractivity (Wildman–Crippen MR) is 27.0 cm³/mol. The SMILES string of the molecule is N=C1CCCN1[O-]. The molecule has 3 heteroatoms. The number of hydrogen-bond acceptors (Lipinski definition) is 2. The highest BCUT2D eigenvalue weighted by Gasteiger charge is 2.05. The predicted octanol–water partition coefficient (Wildman–Crippen LogP) is 0.557. The summed E-state index contributed by atoms with van der Waals surface area (Å²) in [5, 5.41) is 17.9. The molecule has 0 bridgehead atoms. The van der Waals surface area contributed by atoms with Crippen LogP contribution in [0.4, 0.5) is 0 Å². The molecule has 1 N–H and O–H groups in total. The van der Waals surface area contributed by atoms with Crippen molar-refractivity contribution in [3.8, 4) is 0 Å². The third kappa shape index (κ3) is 0.718. The molecule has 0 radical (unpaired) electrons. The van der Waals surface area contributed by atoms with Crippen molar-refractivity contribution >= 4 is 5.84 Å². The minimum atomic E-state index is 0.236. The Morgan fingerprint density at radius 2 is 2.43 bits per heavy atom. The van der Waals surface area contributed by atoms with E-state index in [2.05, 4.69) is 0 Å². The van der Waals surface area contributed by atoms with Crippen molar-refractivity contribution in [1.29, 1.82) is 5.41 Å². The molecular formula is C4H7N2O-. The molecule has 0 unspecified atom stereocenters. The van der Waals surface area contributed by atoms with Crippen LogP contribution in [0.2, 0.25) is 0 Å². The van der Waals surface area contributed by atoms with E-state index in [9.17, 15) is 5.21 Å². The summed E-state index contributed by atoms with van der Waals surface area (Å²) in [6.45, 7) is 0.527. The second-order valence-electron chi connectivity index (χ2n) is 1.65. The minimum absolute atomic E-state index is 0.236. The molecule has 0 amide bonds. The van der Waals surface area contributed by atoms with Crippen LogP contribution in [0.5, 0.6) is 0 Å². The number of hydrogen-bond donors (Lipinski definition) is 1. The molecule has 1 aliphatic rings. The average molecular weight is 99.1 g/mol. The monoisotopic (exact) mass is 99.1 g/mol. The van der Waals surface area contributed by atoms with E-state index in [1.54, 1.807) is 0 Å². The van der Waals surface area contributed by atoms with Crippen molar-refractivity contribution in [2.24, 2.45) is 0 Å². The first-order valence-electron chi connectivity index (χ1n) is 2.33. The number of nitrogens with zero attached hydrogens (tertiary/aromatic N) is 1. The maximum atomic E-state index is 10.3. The lowest BCUT2D eigenvalue weighted by Crippen LogP contribution is -2.14. The Hall–Kier alpha value is -0.570. The van der Waals surface area contributed by atoms with Gasteiger partial charge >= 0.3 is 0 Å². The third-order valence-corrected chi connectivity index (χ3v) is 1.08.